The molecule has 2 nitrogen and oxygen atoms in total. The van der Waals surface area contributed by atoms with Gasteiger partial charge in [-0.1, -0.05) is 12.1 Å². The lowest BCUT2D eigenvalue weighted by Gasteiger charge is -2.13. The maximum absolute atomic E-state index is 12.0. The fourth-order valence-corrected chi connectivity index (χ4v) is 1.22. The summed E-state index contributed by atoms with van der Waals surface area (Å²) in [6.07, 6.45) is 0. The van der Waals surface area contributed by atoms with Crippen LogP contribution < -0.4 is 10.5 Å². The highest BCUT2D eigenvalue weighted by Gasteiger charge is 2.12. The van der Waals surface area contributed by atoms with Crippen LogP contribution in [0.4, 0.5) is 8.78 Å². The molecule has 0 saturated carbocycles. The van der Waals surface area contributed by atoms with Gasteiger partial charge in [-0.05, 0) is 25.5 Å². The van der Waals surface area contributed by atoms with Gasteiger partial charge in [0.05, 0.1) is 0 Å². The van der Waals surface area contributed by atoms with E-state index in [9.17, 15) is 8.78 Å². The Labute approximate surface area is 81.7 Å². The van der Waals surface area contributed by atoms with Crippen LogP contribution in [0.15, 0.2) is 18.2 Å². The molecule has 78 valence electrons. The van der Waals surface area contributed by atoms with Gasteiger partial charge < -0.3 is 10.5 Å². The van der Waals surface area contributed by atoms with Crippen LogP contribution in [0.3, 0.4) is 0 Å². The van der Waals surface area contributed by atoms with Crippen LogP contribution in [-0.2, 0) is 0 Å². The summed E-state index contributed by atoms with van der Waals surface area (Å²) in [7, 11) is 0. The molecule has 1 rings (SSSR count). The molecule has 1 aromatic carbocycles. The van der Waals surface area contributed by atoms with Gasteiger partial charge in [0.2, 0.25) is 0 Å². The largest absolute Gasteiger partial charge is 0.434 e. The summed E-state index contributed by atoms with van der Waals surface area (Å²) in [6.45, 7) is 0.723. The molecule has 0 aromatic heterocycles. The minimum absolute atomic E-state index is 0.162. The molecule has 0 unspecified atom stereocenters. The van der Waals surface area contributed by atoms with E-state index < -0.39 is 6.61 Å². The highest BCUT2D eigenvalue weighted by Crippen LogP contribution is 2.26. The highest BCUT2D eigenvalue weighted by atomic mass is 19.3. The standard InChI is InChI=1S/C10H13F2NO/c1-6-3-4-8(7(2)13)9(5-6)14-10(11)12/h3-5,7,10H,13H2,1-2H3/t7-/m1/s1. The third-order valence-electron chi connectivity index (χ3n) is 1.88. The van der Waals surface area contributed by atoms with Crippen LogP contribution in [0.5, 0.6) is 5.75 Å². The van der Waals surface area contributed by atoms with E-state index in [1.807, 2.05) is 13.0 Å². The number of ether oxygens (including phenoxy) is 1. The minimum atomic E-state index is -2.81. The smallest absolute Gasteiger partial charge is 0.387 e. The first-order chi connectivity index (χ1) is 6.50. The third kappa shape index (κ3) is 2.67. The number of benzene rings is 1. The second-order valence-corrected chi connectivity index (χ2v) is 3.21. The van der Waals surface area contributed by atoms with Crippen molar-refractivity contribution in [2.45, 2.75) is 26.5 Å². The first kappa shape index (κ1) is 10.9. The van der Waals surface area contributed by atoms with Crippen molar-refractivity contribution in [3.05, 3.63) is 29.3 Å². The van der Waals surface area contributed by atoms with Crippen LogP contribution in [0, 0.1) is 6.92 Å². The molecule has 0 heterocycles. The molecule has 1 atom stereocenters. The Morgan fingerprint density at radius 2 is 2.00 bits per heavy atom. The Kier molecular flexibility index (Phi) is 3.41. The van der Waals surface area contributed by atoms with Crippen molar-refractivity contribution in [1.29, 1.82) is 0 Å². The topological polar surface area (TPSA) is 35.2 Å². The lowest BCUT2D eigenvalue weighted by atomic mass is 10.1. The zero-order valence-corrected chi connectivity index (χ0v) is 8.13. The molecule has 0 bridgehead atoms. The minimum Gasteiger partial charge on any atom is -0.434 e. The Balaban J connectivity index is 3.03. The van der Waals surface area contributed by atoms with Gasteiger partial charge in [-0.25, -0.2) is 0 Å². The number of alkyl halides is 2. The molecule has 2 N–H and O–H groups in total. The van der Waals surface area contributed by atoms with Gasteiger partial charge in [0, 0.05) is 11.6 Å². The number of rotatable bonds is 3. The molecule has 4 heteroatoms. The Hall–Kier alpha value is -1.16. The molecule has 1 aromatic rings. The van der Waals surface area contributed by atoms with E-state index in [4.69, 9.17) is 5.73 Å². The molecular weight excluding hydrogens is 188 g/mol. The third-order valence-corrected chi connectivity index (χ3v) is 1.88. The first-order valence-corrected chi connectivity index (χ1v) is 4.31. The molecule has 0 aliphatic heterocycles. The summed E-state index contributed by atoms with van der Waals surface area (Å²) < 4.78 is 28.4. The molecule has 0 aliphatic rings. The summed E-state index contributed by atoms with van der Waals surface area (Å²) >= 11 is 0. The van der Waals surface area contributed by atoms with Gasteiger partial charge in [-0.15, -0.1) is 0 Å². The van der Waals surface area contributed by atoms with E-state index in [1.54, 1.807) is 19.1 Å². The number of halogens is 2. The Morgan fingerprint density at radius 3 is 2.50 bits per heavy atom. The van der Waals surface area contributed by atoms with Gasteiger partial charge in [0.15, 0.2) is 0 Å². The lowest BCUT2D eigenvalue weighted by Crippen LogP contribution is -2.10. The molecule has 0 aliphatic carbocycles. The molecule has 0 radical (unpaired) electrons. The summed E-state index contributed by atoms with van der Waals surface area (Å²) in [4.78, 5) is 0. The first-order valence-electron chi connectivity index (χ1n) is 4.31. The molecule has 14 heavy (non-hydrogen) atoms. The fourth-order valence-electron chi connectivity index (χ4n) is 1.22. The zero-order valence-electron chi connectivity index (χ0n) is 8.13. The summed E-state index contributed by atoms with van der Waals surface area (Å²) in [5.74, 6) is 0.162. The highest BCUT2D eigenvalue weighted by molar-refractivity contribution is 5.38. The lowest BCUT2D eigenvalue weighted by molar-refractivity contribution is -0.0506. The van der Waals surface area contributed by atoms with Crippen molar-refractivity contribution < 1.29 is 13.5 Å². The quantitative estimate of drug-likeness (QED) is 0.815. The average molecular weight is 201 g/mol. The van der Waals surface area contributed by atoms with E-state index in [2.05, 4.69) is 4.74 Å². The van der Waals surface area contributed by atoms with Gasteiger partial charge in [-0.3, -0.25) is 0 Å². The molecule has 0 fully saturated rings. The van der Waals surface area contributed by atoms with Gasteiger partial charge >= 0.3 is 6.61 Å². The van der Waals surface area contributed by atoms with Crippen LogP contribution in [0.1, 0.15) is 24.1 Å². The van der Waals surface area contributed by atoms with Crippen molar-refractivity contribution in [3.8, 4) is 5.75 Å². The predicted molar refractivity (Wildman–Crippen MR) is 50.4 cm³/mol. The van der Waals surface area contributed by atoms with Gasteiger partial charge in [0.25, 0.3) is 0 Å². The van der Waals surface area contributed by atoms with Gasteiger partial charge in [0.1, 0.15) is 5.75 Å². The van der Waals surface area contributed by atoms with E-state index >= 15 is 0 Å². The number of aryl methyl sites for hydroxylation is 1. The molecule has 0 saturated heterocycles. The SMILES string of the molecule is Cc1ccc([C@@H](C)N)c(OC(F)F)c1. The predicted octanol–water partition coefficient (Wildman–Crippen LogP) is 2.62. The normalized spacial score (nSPS) is 13.0. The summed E-state index contributed by atoms with van der Waals surface area (Å²) in [5.41, 5.74) is 7.07. The summed E-state index contributed by atoms with van der Waals surface area (Å²) in [6, 6.07) is 4.77. The van der Waals surface area contributed by atoms with E-state index in [-0.39, 0.29) is 11.8 Å². The summed E-state index contributed by atoms with van der Waals surface area (Å²) in [5, 5.41) is 0. The fraction of sp³-hybridized carbons (Fsp3) is 0.400. The molecular formula is C10H13F2NO. The van der Waals surface area contributed by atoms with E-state index in [0.717, 1.165) is 5.56 Å². The van der Waals surface area contributed by atoms with Crippen LogP contribution in [-0.4, -0.2) is 6.61 Å². The second kappa shape index (κ2) is 4.37. The monoisotopic (exact) mass is 201 g/mol. The maximum atomic E-state index is 12.0. The van der Waals surface area contributed by atoms with Crippen molar-refractivity contribution in [1.82, 2.24) is 0 Å². The van der Waals surface area contributed by atoms with E-state index in [1.165, 1.54) is 0 Å². The second-order valence-electron chi connectivity index (χ2n) is 3.21. The van der Waals surface area contributed by atoms with Crippen molar-refractivity contribution in [2.24, 2.45) is 5.73 Å². The Bertz CT molecular complexity index is 313. The van der Waals surface area contributed by atoms with Crippen LogP contribution in [0.25, 0.3) is 0 Å². The van der Waals surface area contributed by atoms with Crippen molar-refractivity contribution in [3.63, 3.8) is 0 Å². The van der Waals surface area contributed by atoms with Crippen LogP contribution >= 0.6 is 0 Å². The van der Waals surface area contributed by atoms with Gasteiger partial charge in [-0.2, -0.15) is 8.78 Å². The van der Waals surface area contributed by atoms with Crippen molar-refractivity contribution >= 4 is 0 Å². The molecule has 0 amide bonds. The zero-order chi connectivity index (χ0) is 10.7. The number of nitrogens with two attached hydrogens (primary N) is 1. The maximum Gasteiger partial charge on any atom is 0.387 e. The van der Waals surface area contributed by atoms with E-state index in [0.29, 0.717) is 5.56 Å². The Morgan fingerprint density at radius 1 is 1.36 bits per heavy atom. The average Bonchev–Trinajstić information content (AvgIpc) is 2.01. The van der Waals surface area contributed by atoms with Crippen molar-refractivity contribution in [2.75, 3.05) is 0 Å². The number of hydrogen-bond donors (Lipinski definition) is 1. The molecule has 0 spiro atoms. The van der Waals surface area contributed by atoms with Crippen LogP contribution in [0.2, 0.25) is 0 Å². The number of hydrogen-bond acceptors (Lipinski definition) is 2.